The van der Waals surface area contributed by atoms with E-state index in [0.29, 0.717) is 18.7 Å². The molecule has 0 bridgehead atoms. The summed E-state index contributed by atoms with van der Waals surface area (Å²) in [5.41, 5.74) is 2.79. The number of benzene rings is 1. The maximum atomic E-state index is 12.2. The summed E-state index contributed by atoms with van der Waals surface area (Å²) < 4.78 is 5.82. The summed E-state index contributed by atoms with van der Waals surface area (Å²) in [5, 5.41) is 0. The van der Waals surface area contributed by atoms with Crippen LogP contribution in [0.5, 0.6) is 5.75 Å². The topological polar surface area (TPSA) is 39.2 Å². The second kappa shape index (κ2) is 10.7. The highest BCUT2D eigenvalue weighted by Gasteiger charge is 2.08. The third-order valence-electron chi connectivity index (χ3n) is 4.87. The minimum Gasteiger partial charge on any atom is -0.489 e. The summed E-state index contributed by atoms with van der Waals surface area (Å²) in [6.45, 7) is 7.07. The maximum Gasteiger partial charge on any atom is 0.181 e. The third kappa shape index (κ3) is 6.62. The van der Waals surface area contributed by atoms with Crippen molar-refractivity contribution in [2.45, 2.75) is 65.9 Å². The molecule has 0 aliphatic heterocycles. The average Bonchev–Trinajstić information content (AvgIpc) is 2.69. The van der Waals surface area contributed by atoms with E-state index in [9.17, 15) is 4.79 Å². The zero-order valence-corrected chi connectivity index (χ0v) is 16.3. The van der Waals surface area contributed by atoms with Crippen LogP contribution in [0.25, 0.3) is 0 Å². The highest BCUT2D eigenvalue weighted by molar-refractivity contribution is 5.94. The van der Waals surface area contributed by atoms with Gasteiger partial charge < -0.3 is 4.74 Å². The van der Waals surface area contributed by atoms with E-state index in [2.05, 4.69) is 37.9 Å². The number of ether oxygens (including phenoxy) is 1. The first-order valence-corrected chi connectivity index (χ1v) is 9.82. The molecule has 1 aromatic carbocycles. The molecule has 0 aliphatic carbocycles. The summed E-state index contributed by atoms with van der Waals surface area (Å²) in [5.74, 6) is 1.75. The number of aromatic nitrogens is 1. The van der Waals surface area contributed by atoms with Crippen LogP contribution in [-0.2, 0) is 13.0 Å². The van der Waals surface area contributed by atoms with Crippen molar-refractivity contribution in [3.63, 3.8) is 0 Å². The molecule has 0 saturated heterocycles. The molecule has 0 fully saturated rings. The second-order valence-electron chi connectivity index (χ2n) is 7.02. The number of rotatable bonds is 11. The third-order valence-corrected chi connectivity index (χ3v) is 4.87. The first kappa shape index (κ1) is 20.2. The Balaban J connectivity index is 1.78. The van der Waals surface area contributed by atoms with Crippen molar-refractivity contribution in [3.05, 3.63) is 59.4 Å². The Bertz CT molecular complexity index is 679. The lowest BCUT2D eigenvalue weighted by atomic mass is 10.00. The van der Waals surface area contributed by atoms with Gasteiger partial charge in [-0.2, -0.15) is 0 Å². The fourth-order valence-electron chi connectivity index (χ4n) is 2.81. The van der Waals surface area contributed by atoms with Gasteiger partial charge in [-0.3, -0.25) is 9.78 Å². The molecule has 0 spiro atoms. The lowest BCUT2D eigenvalue weighted by molar-refractivity contribution is 0.0973. The summed E-state index contributed by atoms with van der Waals surface area (Å²) >= 11 is 0. The summed E-state index contributed by atoms with van der Waals surface area (Å²) in [6, 6.07) is 11.9. The number of unbranched alkanes of at least 4 members (excludes halogenated alkanes) is 1. The van der Waals surface area contributed by atoms with Gasteiger partial charge in [0.15, 0.2) is 5.78 Å². The van der Waals surface area contributed by atoms with Crippen LogP contribution in [0.15, 0.2) is 42.6 Å². The number of carbonyl (C=O) groups excluding carboxylic acids is 1. The molecule has 1 heterocycles. The minimum atomic E-state index is 0.136. The SMILES string of the molecule is CCc1cccc(OCc2ccc(C(=O)CCCCC(C)CC)nc2)c1. The molecule has 0 aliphatic rings. The van der Waals surface area contributed by atoms with Crippen molar-refractivity contribution in [3.8, 4) is 5.75 Å². The quantitative estimate of drug-likeness (QED) is 0.367. The van der Waals surface area contributed by atoms with Crippen LogP contribution >= 0.6 is 0 Å². The van der Waals surface area contributed by atoms with E-state index in [1.807, 2.05) is 24.3 Å². The molecule has 0 radical (unpaired) electrons. The van der Waals surface area contributed by atoms with Gasteiger partial charge in [0, 0.05) is 18.2 Å². The van der Waals surface area contributed by atoms with Crippen LogP contribution in [0.2, 0.25) is 0 Å². The van der Waals surface area contributed by atoms with Gasteiger partial charge in [0.2, 0.25) is 0 Å². The predicted octanol–water partition coefficient (Wildman–Crippen LogP) is 6.01. The minimum absolute atomic E-state index is 0.136. The van der Waals surface area contributed by atoms with Crippen LogP contribution in [0, 0.1) is 5.92 Å². The van der Waals surface area contributed by atoms with Gasteiger partial charge in [0.1, 0.15) is 18.1 Å². The maximum absolute atomic E-state index is 12.2. The lowest BCUT2D eigenvalue weighted by Gasteiger charge is -2.08. The highest BCUT2D eigenvalue weighted by Crippen LogP contribution is 2.16. The van der Waals surface area contributed by atoms with Crippen LogP contribution < -0.4 is 4.74 Å². The molecule has 2 rings (SSSR count). The Morgan fingerprint density at radius 1 is 1.12 bits per heavy atom. The highest BCUT2D eigenvalue weighted by atomic mass is 16.5. The Hall–Kier alpha value is -2.16. The molecule has 3 heteroatoms. The van der Waals surface area contributed by atoms with Crippen LogP contribution in [-0.4, -0.2) is 10.8 Å². The molecule has 26 heavy (non-hydrogen) atoms. The lowest BCUT2D eigenvalue weighted by Crippen LogP contribution is -2.04. The van der Waals surface area contributed by atoms with E-state index >= 15 is 0 Å². The van der Waals surface area contributed by atoms with E-state index in [1.165, 1.54) is 18.4 Å². The molecule has 1 atom stereocenters. The van der Waals surface area contributed by atoms with Crippen molar-refractivity contribution in [1.29, 1.82) is 0 Å². The molecular weight excluding hydrogens is 322 g/mol. The van der Waals surface area contributed by atoms with Crippen molar-refractivity contribution in [2.24, 2.45) is 5.92 Å². The van der Waals surface area contributed by atoms with Gasteiger partial charge in [-0.1, -0.05) is 58.2 Å². The molecule has 1 aromatic heterocycles. The number of ketones is 1. The van der Waals surface area contributed by atoms with Gasteiger partial charge in [-0.15, -0.1) is 0 Å². The zero-order chi connectivity index (χ0) is 18.8. The predicted molar refractivity (Wildman–Crippen MR) is 107 cm³/mol. The summed E-state index contributed by atoms with van der Waals surface area (Å²) in [4.78, 5) is 16.6. The zero-order valence-electron chi connectivity index (χ0n) is 16.3. The van der Waals surface area contributed by atoms with Gasteiger partial charge in [-0.05, 0) is 42.5 Å². The number of hydrogen-bond acceptors (Lipinski definition) is 3. The number of nitrogens with zero attached hydrogens (tertiary/aromatic N) is 1. The Kier molecular flexibility index (Phi) is 8.33. The number of aryl methyl sites for hydroxylation is 1. The van der Waals surface area contributed by atoms with E-state index in [-0.39, 0.29) is 5.78 Å². The largest absolute Gasteiger partial charge is 0.489 e. The molecule has 0 amide bonds. The Labute approximate surface area is 157 Å². The number of pyridine rings is 1. The monoisotopic (exact) mass is 353 g/mol. The van der Waals surface area contributed by atoms with Crippen molar-refractivity contribution >= 4 is 5.78 Å². The molecular formula is C23H31NO2. The molecule has 3 nitrogen and oxygen atoms in total. The Morgan fingerprint density at radius 3 is 2.65 bits per heavy atom. The van der Waals surface area contributed by atoms with Crippen LogP contribution in [0.3, 0.4) is 0 Å². The first-order valence-electron chi connectivity index (χ1n) is 9.82. The first-order chi connectivity index (χ1) is 12.6. The van der Waals surface area contributed by atoms with E-state index in [4.69, 9.17) is 4.74 Å². The fourth-order valence-corrected chi connectivity index (χ4v) is 2.81. The molecule has 140 valence electrons. The van der Waals surface area contributed by atoms with E-state index in [1.54, 1.807) is 6.20 Å². The van der Waals surface area contributed by atoms with Crippen molar-refractivity contribution in [1.82, 2.24) is 4.98 Å². The van der Waals surface area contributed by atoms with Gasteiger partial charge in [-0.25, -0.2) is 0 Å². The molecule has 0 saturated carbocycles. The summed E-state index contributed by atoms with van der Waals surface area (Å²) in [6.07, 6.45) is 7.80. The van der Waals surface area contributed by atoms with Crippen LogP contribution in [0.1, 0.15) is 74.5 Å². The number of hydrogen-bond donors (Lipinski definition) is 0. The Morgan fingerprint density at radius 2 is 1.96 bits per heavy atom. The average molecular weight is 354 g/mol. The second-order valence-corrected chi connectivity index (χ2v) is 7.02. The smallest absolute Gasteiger partial charge is 0.181 e. The number of carbonyl (C=O) groups is 1. The standard InChI is InChI=1S/C23H31NO2/c1-4-18(3)9-6-7-12-23(25)22-14-13-20(16-24-22)17-26-21-11-8-10-19(5-2)15-21/h8,10-11,13-16,18H,4-7,9,12,17H2,1-3H3. The number of Topliss-reactive ketones (excluding diaryl/α,β-unsaturated/α-hetero) is 1. The fraction of sp³-hybridized carbons (Fsp3) is 0.478. The summed E-state index contributed by atoms with van der Waals surface area (Å²) in [7, 11) is 0. The van der Waals surface area contributed by atoms with Crippen molar-refractivity contribution in [2.75, 3.05) is 0 Å². The van der Waals surface area contributed by atoms with E-state index < -0.39 is 0 Å². The molecule has 1 unspecified atom stereocenters. The van der Waals surface area contributed by atoms with E-state index in [0.717, 1.165) is 36.5 Å². The van der Waals surface area contributed by atoms with Gasteiger partial charge >= 0.3 is 0 Å². The van der Waals surface area contributed by atoms with Crippen LogP contribution in [0.4, 0.5) is 0 Å². The molecule has 0 N–H and O–H groups in total. The van der Waals surface area contributed by atoms with Crippen molar-refractivity contribution < 1.29 is 9.53 Å². The normalized spacial score (nSPS) is 12.0. The van der Waals surface area contributed by atoms with Gasteiger partial charge in [0.25, 0.3) is 0 Å². The molecule has 2 aromatic rings. The van der Waals surface area contributed by atoms with Gasteiger partial charge in [0.05, 0.1) is 0 Å².